The maximum atomic E-state index is 12.8. The molecule has 0 spiro atoms. The number of carbonyl (C=O) groups excluding carboxylic acids is 1. The molecular weight excluding hydrogens is 376 g/mol. The predicted molar refractivity (Wildman–Crippen MR) is 114 cm³/mol. The van der Waals surface area contributed by atoms with Crippen molar-refractivity contribution >= 4 is 16.9 Å². The fourth-order valence-corrected chi connectivity index (χ4v) is 4.31. The number of hydrogen-bond donors (Lipinski definition) is 1. The molecule has 0 saturated heterocycles. The minimum Gasteiger partial charge on any atom is -0.347 e. The van der Waals surface area contributed by atoms with Crippen LogP contribution in [-0.2, 0) is 17.8 Å². The number of rotatable bonds is 4. The van der Waals surface area contributed by atoms with Crippen molar-refractivity contribution in [1.29, 1.82) is 0 Å². The van der Waals surface area contributed by atoms with Gasteiger partial charge in [-0.2, -0.15) is 20.1 Å². The lowest BCUT2D eigenvalue weighted by atomic mass is 9.74. The van der Waals surface area contributed by atoms with Gasteiger partial charge in [0.1, 0.15) is 17.6 Å². The molecule has 2 heterocycles. The number of nitrogens with one attached hydrogen (secondary N) is 1. The summed E-state index contributed by atoms with van der Waals surface area (Å²) in [4.78, 5) is 14.3. The Hall–Kier alpha value is -3.48. The smallest absolute Gasteiger partial charge is 0.244 e. The Morgan fingerprint density at radius 2 is 1.73 bits per heavy atom. The van der Waals surface area contributed by atoms with Gasteiger partial charge in [-0.15, -0.1) is 0 Å². The quantitative estimate of drug-likeness (QED) is 0.569. The third kappa shape index (κ3) is 3.47. The van der Waals surface area contributed by atoms with Crippen molar-refractivity contribution in [2.45, 2.75) is 39.3 Å². The molecule has 0 unspecified atom stereocenters. The first-order chi connectivity index (χ1) is 14.5. The van der Waals surface area contributed by atoms with Crippen LogP contribution in [0.5, 0.6) is 0 Å². The van der Waals surface area contributed by atoms with Gasteiger partial charge in [0.05, 0.1) is 23.6 Å². The van der Waals surface area contributed by atoms with E-state index in [-0.39, 0.29) is 23.9 Å². The van der Waals surface area contributed by atoms with Gasteiger partial charge < -0.3 is 5.32 Å². The van der Waals surface area contributed by atoms with E-state index < -0.39 is 0 Å². The van der Waals surface area contributed by atoms with Crippen LogP contribution in [0.15, 0.2) is 60.8 Å². The molecule has 0 radical (unpaired) electrons. The van der Waals surface area contributed by atoms with Gasteiger partial charge in [-0.25, -0.2) is 4.68 Å². The summed E-state index contributed by atoms with van der Waals surface area (Å²) in [6.07, 6.45) is 3.67. The second-order valence-electron chi connectivity index (χ2n) is 8.68. The average Bonchev–Trinajstić information content (AvgIpc) is 3.31. The second kappa shape index (κ2) is 7.09. The molecule has 1 atom stereocenters. The highest BCUT2D eigenvalue weighted by Crippen LogP contribution is 2.41. The lowest BCUT2D eigenvalue weighted by Gasteiger charge is -2.36. The lowest BCUT2D eigenvalue weighted by Crippen LogP contribution is -2.38. The van der Waals surface area contributed by atoms with Crippen LogP contribution in [0.3, 0.4) is 0 Å². The normalized spacial score (nSPS) is 17.6. The van der Waals surface area contributed by atoms with Crippen LogP contribution in [0.4, 0.5) is 0 Å². The fraction of sp³-hybridized carbons (Fsp3) is 0.304. The Morgan fingerprint density at radius 3 is 2.43 bits per heavy atom. The van der Waals surface area contributed by atoms with Gasteiger partial charge in [0.2, 0.25) is 5.91 Å². The van der Waals surface area contributed by atoms with Gasteiger partial charge in [0.25, 0.3) is 0 Å². The molecule has 152 valence electrons. The molecule has 7 heteroatoms. The molecule has 0 fully saturated rings. The molecule has 0 saturated carbocycles. The zero-order valence-electron chi connectivity index (χ0n) is 17.1. The minimum atomic E-state index is -0.101. The zero-order valence-corrected chi connectivity index (χ0v) is 17.1. The Kier molecular flexibility index (Phi) is 4.38. The van der Waals surface area contributed by atoms with Crippen molar-refractivity contribution < 1.29 is 4.79 Å². The standard InChI is InChI=1S/C23H24N6O/c1-23(2)12-20(17-14-24-29(21(17)13-23)16-8-4-3-5-9-16)25-22(30)15-28-26-18-10-6-7-11-19(18)27-28/h3-11,14,20H,12-13,15H2,1-2H3,(H,25,30)/t20-/m0/s1. The van der Waals surface area contributed by atoms with Crippen molar-refractivity contribution in [2.24, 2.45) is 5.41 Å². The van der Waals surface area contributed by atoms with Gasteiger partial charge in [-0.3, -0.25) is 4.79 Å². The monoisotopic (exact) mass is 400 g/mol. The second-order valence-corrected chi connectivity index (χ2v) is 8.68. The van der Waals surface area contributed by atoms with E-state index in [0.29, 0.717) is 0 Å². The van der Waals surface area contributed by atoms with Crippen LogP contribution >= 0.6 is 0 Å². The van der Waals surface area contributed by atoms with Crippen LogP contribution in [0, 0.1) is 5.41 Å². The molecule has 1 N–H and O–H groups in total. The highest BCUT2D eigenvalue weighted by atomic mass is 16.2. The van der Waals surface area contributed by atoms with E-state index in [4.69, 9.17) is 0 Å². The largest absolute Gasteiger partial charge is 0.347 e. The number of benzene rings is 2. The predicted octanol–water partition coefficient (Wildman–Crippen LogP) is 3.45. The molecule has 0 aliphatic heterocycles. The lowest BCUT2D eigenvalue weighted by molar-refractivity contribution is -0.123. The van der Waals surface area contributed by atoms with E-state index in [2.05, 4.69) is 46.6 Å². The summed E-state index contributed by atoms with van der Waals surface area (Å²) in [5, 5.41) is 16.6. The fourth-order valence-electron chi connectivity index (χ4n) is 4.31. The molecule has 4 aromatic rings. The summed E-state index contributed by atoms with van der Waals surface area (Å²) >= 11 is 0. The number of nitrogens with zero attached hydrogens (tertiary/aromatic N) is 5. The van der Waals surface area contributed by atoms with Crippen molar-refractivity contribution in [1.82, 2.24) is 30.1 Å². The Balaban J connectivity index is 1.39. The first-order valence-corrected chi connectivity index (χ1v) is 10.2. The molecule has 0 bridgehead atoms. The third-order valence-electron chi connectivity index (χ3n) is 5.63. The number of hydrogen-bond acceptors (Lipinski definition) is 4. The first kappa shape index (κ1) is 18.5. The maximum absolute atomic E-state index is 12.8. The average molecular weight is 400 g/mol. The number of para-hydroxylation sites is 1. The van der Waals surface area contributed by atoms with Gasteiger partial charge in [0.15, 0.2) is 0 Å². The van der Waals surface area contributed by atoms with Crippen molar-refractivity contribution in [3.8, 4) is 5.69 Å². The van der Waals surface area contributed by atoms with E-state index in [1.807, 2.05) is 53.3 Å². The molecule has 5 rings (SSSR count). The Bertz CT molecular complexity index is 1170. The van der Waals surface area contributed by atoms with Crippen LogP contribution in [-0.4, -0.2) is 30.7 Å². The number of amides is 1. The summed E-state index contributed by atoms with van der Waals surface area (Å²) in [6.45, 7) is 4.56. The minimum absolute atomic E-state index is 0.0517. The molecular formula is C23H24N6O. The Morgan fingerprint density at radius 1 is 1.07 bits per heavy atom. The highest BCUT2D eigenvalue weighted by Gasteiger charge is 2.36. The van der Waals surface area contributed by atoms with Crippen LogP contribution in [0.1, 0.15) is 37.6 Å². The molecule has 30 heavy (non-hydrogen) atoms. The zero-order chi connectivity index (χ0) is 20.7. The van der Waals surface area contributed by atoms with Crippen LogP contribution in [0.2, 0.25) is 0 Å². The summed E-state index contributed by atoms with van der Waals surface area (Å²) in [7, 11) is 0. The molecule has 2 aromatic carbocycles. The summed E-state index contributed by atoms with van der Waals surface area (Å²) < 4.78 is 2.00. The van der Waals surface area contributed by atoms with Gasteiger partial charge >= 0.3 is 0 Å². The van der Waals surface area contributed by atoms with E-state index in [1.165, 1.54) is 4.80 Å². The van der Waals surface area contributed by atoms with Crippen molar-refractivity contribution in [2.75, 3.05) is 0 Å². The molecule has 7 nitrogen and oxygen atoms in total. The number of aromatic nitrogens is 5. The summed E-state index contributed by atoms with van der Waals surface area (Å²) in [6, 6.07) is 17.7. The maximum Gasteiger partial charge on any atom is 0.244 e. The number of fused-ring (bicyclic) bond motifs is 2. The molecule has 1 aliphatic rings. The van der Waals surface area contributed by atoms with Gasteiger partial charge in [-0.1, -0.05) is 44.2 Å². The van der Waals surface area contributed by atoms with Crippen LogP contribution < -0.4 is 5.32 Å². The highest BCUT2D eigenvalue weighted by molar-refractivity contribution is 5.77. The first-order valence-electron chi connectivity index (χ1n) is 10.2. The van der Waals surface area contributed by atoms with Crippen molar-refractivity contribution in [3.05, 3.63) is 72.1 Å². The van der Waals surface area contributed by atoms with Crippen molar-refractivity contribution in [3.63, 3.8) is 0 Å². The Labute approximate surface area is 174 Å². The van der Waals surface area contributed by atoms with E-state index >= 15 is 0 Å². The van der Waals surface area contributed by atoms with E-state index in [0.717, 1.165) is 40.8 Å². The summed E-state index contributed by atoms with van der Waals surface area (Å²) in [5.41, 5.74) is 4.91. The SMILES string of the molecule is CC1(C)Cc2c(cnn2-c2ccccc2)[C@@H](NC(=O)Cn2nc3ccccc3n2)C1. The molecule has 1 amide bonds. The van der Waals surface area contributed by atoms with Gasteiger partial charge in [0, 0.05) is 5.56 Å². The number of carbonyl (C=O) groups is 1. The third-order valence-corrected chi connectivity index (χ3v) is 5.63. The summed E-state index contributed by atoms with van der Waals surface area (Å²) in [5.74, 6) is -0.101. The molecule has 1 aliphatic carbocycles. The topological polar surface area (TPSA) is 77.6 Å². The molecule has 2 aromatic heterocycles. The van der Waals surface area contributed by atoms with E-state index in [1.54, 1.807) is 0 Å². The van der Waals surface area contributed by atoms with Gasteiger partial charge in [-0.05, 0) is 42.5 Å². The van der Waals surface area contributed by atoms with E-state index in [9.17, 15) is 4.79 Å². The van der Waals surface area contributed by atoms with Crippen LogP contribution in [0.25, 0.3) is 16.7 Å².